The van der Waals surface area contributed by atoms with Crippen LogP contribution in [0, 0.1) is 0 Å². The van der Waals surface area contributed by atoms with Gasteiger partial charge in [-0.25, -0.2) is 4.79 Å². The van der Waals surface area contributed by atoms with Crippen LogP contribution >= 0.6 is 0 Å². The third-order valence-electron chi connectivity index (χ3n) is 1.84. The fraction of sp³-hybridized carbons (Fsp3) is 0.364. The Morgan fingerprint density at radius 3 is 2.62 bits per heavy atom. The summed E-state index contributed by atoms with van der Waals surface area (Å²) >= 11 is 0. The highest BCUT2D eigenvalue weighted by Crippen LogP contribution is 2.01. The molecule has 0 bridgehead atoms. The second-order valence-corrected chi connectivity index (χ2v) is 3.28. The SMILES string of the molecule is NC(=O)OCC(O)COCc1ccccc1. The van der Waals surface area contributed by atoms with Crippen molar-refractivity contribution in [2.24, 2.45) is 5.73 Å². The van der Waals surface area contributed by atoms with Crippen LogP contribution in [-0.2, 0) is 16.1 Å². The molecule has 0 spiro atoms. The third-order valence-corrected chi connectivity index (χ3v) is 1.84. The molecule has 88 valence electrons. The maximum atomic E-state index is 10.2. The second-order valence-electron chi connectivity index (χ2n) is 3.28. The van der Waals surface area contributed by atoms with E-state index in [0.717, 1.165) is 5.56 Å². The van der Waals surface area contributed by atoms with Crippen molar-refractivity contribution in [2.45, 2.75) is 12.7 Å². The molecule has 0 saturated heterocycles. The standard InChI is InChI=1S/C11H15NO4/c12-11(14)16-8-10(13)7-15-6-9-4-2-1-3-5-9/h1-5,10,13H,6-8H2,(H2,12,14). The molecule has 0 aliphatic heterocycles. The van der Waals surface area contributed by atoms with Crippen molar-refractivity contribution in [3.05, 3.63) is 35.9 Å². The minimum absolute atomic E-state index is 0.0994. The maximum absolute atomic E-state index is 10.2. The summed E-state index contributed by atoms with van der Waals surface area (Å²) in [6.45, 7) is 0.362. The summed E-state index contributed by atoms with van der Waals surface area (Å²) in [4.78, 5) is 10.2. The number of nitrogens with two attached hydrogens (primary N) is 1. The number of aliphatic hydroxyl groups excluding tert-OH is 1. The summed E-state index contributed by atoms with van der Waals surface area (Å²) in [7, 11) is 0. The molecule has 1 rings (SSSR count). The Bertz CT molecular complexity index is 315. The second kappa shape index (κ2) is 6.81. The zero-order valence-electron chi connectivity index (χ0n) is 8.83. The highest BCUT2D eigenvalue weighted by Gasteiger charge is 2.06. The number of ether oxygens (including phenoxy) is 2. The number of hydrogen-bond acceptors (Lipinski definition) is 4. The predicted octanol–water partition coefficient (Wildman–Crippen LogP) is 0.659. The van der Waals surface area contributed by atoms with Gasteiger partial charge in [0.2, 0.25) is 0 Å². The van der Waals surface area contributed by atoms with Gasteiger partial charge in [0.05, 0.1) is 13.2 Å². The quantitative estimate of drug-likeness (QED) is 0.745. The van der Waals surface area contributed by atoms with Gasteiger partial charge in [-0.05, 0) is 5.56 Å². The van der Waals surface area contributed by atoms with Crippen molar-refractivity contribution in [3.63, 3.8) is 0 Å². The van der Waals surface area contributed by atoms with Crippen molar-refractivity contribution in [1.29, 1.82) is 0 Å². The van der Waals surface area contributed by atoms with Crippen LogP contribution in [0.3, 0.4) is 0 Å². The molecule has 1 aromatic carbocycles. The van der Waals surface area contributed by atoms with Crippen LogP contribution in [0.4, 0.5) is 4.79 Å². The monoisotopic (exact) mass is 225 g/mol. The Morgan fingerprint density at radius 1 is 1.31 bits per heavy atom. The molecule has 0 aromatic heterocycles. The van der Waals surface area contributed by atoms with Crippen molar-refractivity contribution in [3.8, 4) is 0 Å². The average molecular weight is 225 g/mol. The normalized spacial score (nSPS) is 12.1. The maximum Gasteiger partial charge on any atom is 0.404 e. The van der Waals surface area contributed by atoms with Gasteiger partial charge in [-0.1, -0.05) is 30.3 Å². The van der Waals surface area contributed by atoms with Crippen molar-refractivity contribution >= 4 is 6.09 Å². The Balaban J connectivity index is 2.13. The van der Waals surface area contributed by atoms with E-state index in [1.54, 1.807) is 0 Å². The molecular formula is C11H15NO4. The first-order valence-corrected chi connectivity index (χ1v) is 4.90. The van der Waals surface area contributed by atoms with Crippen LogP contribution in [0.5, 0.6) is 0 Å². The van der Waals surface area contributed by atoms with E-state index in [0.29, 0.717) is 6.61 Å². The minimum atomic E-state index is -0.901. The van der Waals surface area contributed by atoms with Gasteiger partial charge in [0.1, 0.15) is 12.7 Å². The Hall–Kier alpha value is -1.59. The van der Waals surface area contributed by atoms with Gasteiger partial charge in [0.15, 0.2) is 0 Å². The van der Waals surface area contributed by atoms with Crippen LogP contribution in [0.25, 0.3) is 0 Å². The van der Waals surface area contributed by atoms with E-state index < -0.39 is 12.2 Å². The molecule has 1 atom stereocenters. The van der Waals surface area contributed by atoms with Crippen molar-refractivity contribution in [1.82, 2.24) is 0 Å². The molecule has 0 fully saturated rings. The molecule has 0 aliphatic carbocycles. The van der Waals surface area contributed by atoms with E-state index in [9.17, 15) is 9.90 Å². The highest BCUT2D eigenvalue weighted by atomic mass is 16.6. The van der Waals surface area contributed by atoms with Crippen molar-refractivity contribution < 1.29 is 19.4 Å². The van der Waals surface area contributed by atoms with Gasteiger partial charge in [0.25, 0.3) is 0 Å². The predicted molar refractivity (Wildman–Crippen MR) is 57.6 cm³/mol. The lowest BCUT2D eigenvalue weighted by molar-refractivity contribution is -0.00414. The molecule has 0 heterocycles. The van der Waals surface area contributed by atoms with Crippen molar-refractivity contribution in [2.75, 3.05) is 13.2 Å². The fourth-order valence-corrected chi connectivity index (χ4v) is 1.11. The van der Waals surface area contributed by atoms with Crippen LogP contribution in [0.2, 0.25) is 0 Å². The largest absolute Gasteiger partial charge is 0.447 e. The zero-order valence-corrected chi connectivity index (χ0v) is 8.83. The smallest absolute Gasteiger partial charge is 0.404 e. The first kappa shape index (κ1) is 12.5. The molecule has 1 unspecified atom stereocenters. The van der Waals surface area contributed by atoms with E-state index in [1.165, 1.54) is 0 Å². The molecule has 1 aromatic rings. The minimum Gasteiger partial charge on any atom is -0.447 e. The van der Waals surface area contributed by atoms with Gasteiger partial charge in [-0.3, -0.25) is 0 Å². The number of aliphatic hydroxyl groups is 1. The van der Waals surface area contributed by atoms with Gasteiger partial charge in [-0.2, -0.15) is 0 Å². The topological polar surface area (TPSA) is 81.8 Å². The van der Waals surface area contributed by atoms with Crippen LogP contribution in [-0.4, -0.2) is 30.5 Å². The molecular weight excluding hydrogens is 210 g/mol. The van der Waals surface area contributed by atoms with Gasteiger partial charge in [-0.15, -0.1) is 0 Å². The third kappa shape index (κ3) is 5.33. The van der Waals surface area contributed by atoms with Gasteiger partial charge < -0.3 is 20.3 Å². The van der Waals surface area contributed by atoms with E-state index >= 15 is 0 Å². The molecule has 0 aliphatic rings. The Kier molecular flexibility index (Phi) is 5.31. The van der Waals surface area contributed by atoms with E-state index in [2.05, 4.69) is 4.74 Å². The molecule has 0 radical (unpaired) electrons. The lowest BCUT2D eigenvalue weighted by atomic mass is 10.2. The zero-order chi connectivity index (χ0) is 11.8. The number of carbonyl (C=O) groups is 1. The highest BCUT2D eigenvalue weighted by molar-refractivity contribution is 5.64. The van der Waals surface area contributed by atoms with E-state index in [4.69, 9.17) is 10.5 Å². The molecule has 16 heavy (non-hydrogen) atoms. The summed E-state index contributed by atoms with van der Waals surface area (Å²) in [5.74, 6) is 0. The number of amides is 1. The van der Waals surface area contributed by atoms with Crippen LogP contribution in [0.1, 0.15) is 5.56 Å². The van der Waals surface area contributed by atoms with E-state index in [-0.39, 0.29) is 13.2 Å². The Labute approximate surface area is 93.8 Å². The summed E-state index contributed by atoms with van der Waals surface area (Å²) < 4.78 is 9.65. The first-order valence-electron chi connectivity index (χ1n) is 4.90. The summed E-state index contributed by atoms with van der Waals surface area (Å²) in [6.07, 6.45) is -1.75. The lowest BCUT2D eigenvalue weighted by Gasteiger charge is -2.10. The van der Waals surface area contributed by atoms with Gasteiger partial charge in [0, 0.05) is 0 Å². The molecule has 5 heteroatoms. The number of carbonyl (C=O) groups excluding carboxylic acids is 1. The fourth-order valence-electron chi connectivity index (χ4n) is 1.11. The lowest BCUT2D eigenvalue weighted by Crippen LogP contribution is -2.25. The summed E-state index contributed by atoms with van der Waals surface area (Å²) in [5, 5.41) is 9.32. The number of hydrogen-bond donors (Lipinski definition) is 2. The summed E-state index contributed by atoms with van der Waals surface area (Å²) in [6, 6.07) is 9.58. The molecule has 0 saturated carbocycles. The number of rotatable bonds is 6. The average Bonchev–Trinajstić information content (AvgIpc) is 2.28. The summed E-state index contributed by atoms with van der Waals surface area (Å²) in [5.41, 5.74) is 5.77. The van der Waals surface area contributed by atoms with Gasteiger partial charge >= 0.3 is 6.09 Å². The van der Waals surface area contributed by atoms with Crippen LogP contribution < -0.4 is 5.73 Å². The molecule has 5 nitrogen and oxygen atoms in total. The van der Waals surface area contributed by atoms with Crippen LogP contribution in [0.15, 0.2) is 30.3 Å². The molecule has 3 N–H and O–H groups in total. The Morgan fingerprint density at radius 2 is 2.00 bits per heavy atom. The number of primary amides is 1. The number of benzene rings is 1. The first-order chi connectivity index (χ1) is 7.68. The van der Waals surface area contributed by atoms with E-state index in [1.807, 2.05) is 30.3 Å². The molecule has 1 amide bonds.